The van der Waals surface area contributed by atoms with Crippen LogP contribution >= 0.6 is 11.3 Å². The van der Waals surface area contributed by atoms with Gasteiger partial charge in [-0.3, -0.25) is 0 Å². The number of nitrogens with two attached hydrogens (primary N) is 1. The van der Waals surface area contributed by atoms with E-state index in [-0.39, 0.29) is 6.03 Å². The second-order valence-corrected chi connectivity index (χ2v) is 6.77. The van der Waals surface area contributed by atoms with Gasteiger partial charge in [-0.25, -0.2) is 4.79 Å². The van der Waals surface area contributed by atoms with Crippen molar-refractivity contribution in [2.24, 2.45) is 0 Å². The highest BCUT2D eigenvalue weighted by atomic mass is 32.1. The number of nitrogens with zero attached hydrogens (tertiary/aromatic N) is 4. The van der Waals surface area contributed by atoms with Crippen molar-refractivity contribution >= 4 is 28.2 Å². The lowest BCUT2D eigenvalue weighted by Gasteiger charge is -2.10. The number of hydrogen-bond donors (Lipinski definition) is 3. The second-order valence-electron chi connectivity index (χ2n) is 5.67. The standard InChI is InChI=1S/C16H19N7O2S/c1-9-5-6-11(14-22-20-10(2)25-14)8-12(9)19-16(24)18-7-3-4-13-21-23-15(17)26-13/h5-6,8H,3-4,7H2,1-2H3,(H2,17,23)(H2,18,19,24). The fourth-order valence-electron chi connectivity index (χ4n) is 2.28. The lowest BCUT2D eigenvalue weighted by Crippen LogP contribution is -2.30. The summed E-state index contributed by atoms with van der Waals surface area (Å²) < 4.78 is 5.42. The minimum absolute atomic E-state index is 0.274. The van der Waals surface area contributed by atoms with Crippen molar-refractivity contribution in [3.63, 3.8) is 0 Å². The van der Waals surface area contributed by atoms with Gasteiger partial charge in [-0.1, -0.05) is 17.4 Å². The molecule has 0 unspecified atom stereocenters. The molecule has 2 aromatic heterocycles. The molecule has 0 aliphatic carbocycles. The summed E-state index contributed by atoms with van der Waals surface area (Å²) in [5.74, 6) is 0.910. The smallest absolute Gasteiger partial charge is 0.319 e. The minimum atomic E-state index is -0.274. The van der Waals surface area contributed by atoms with E-state index in [9.17, 15) is 4.79 Å². The van der Waals surface area contributed by atoms with Crippen LogP contribution in [0.15, 0.2) is 22.6 Å². The monoisotopic (exact) mass is 373 g/mol. The first kappa shape index (κ1) is 17.8. The van der Waals surface area contributed by atoms with Crippen LogP contribution in [0.25, 0.3) is 11.5 Å². The lowest BCUT2D eigenvalue weighted by atomic mass is 10.1. The number of urea groups is 1. The lowest BCUT2D eigenvalue weighted by molar-refractivity contribution is 0.252. The summed E-state index contributed by atoms with van der Waals surface area (Å²) in [6.45, 7) is 4.17. The first-order chi connectivity index (χ1) is 12.5. The quantitative estimate of drug-likeness (QED) is 0.566. The Labute approximate surface area is 154 Å². The van der Waals surface area contributed by atoms with Crippen LogP contribution in [0.3, 0.4) is 0 Å². The number of carbonyl (C=O) groups excluding carboxylic acids is 1. The SMILES string of the molecule is Cc1nnc(-c2ccc(C)c(NC(=O)NCCCc3nnc(N)s3)c2)o1. The van der Waals surface area contributed by atoms with Gasteiger partial charge in [0.2, 0.25) is 16.9 Å². The third kappa shape index (κ3) is 4.54. The fraction of sp³-hybridized carbons (Fsp3) is 0.312. The molecule has 0 aliphatic rings. The third-order valence-electron chi connectivity index (χ3n) is 3.59. The zero-order valence-corrected chi connectivity index (χ0v) is 15.3. The highest BCUT2D eigenvalue weighted by Gasteiger charge is 2.10. The van der Waals surface area contributed by atoms with E-state index in [1.807, 2.05) is 25.1 Å². The molecule has 10 heteroatoms. The summed E-state index contributed by atoms with van der Waals surface area (Å²) in [6.07, 6.45) is 1.47. The van der Waals surface area contributed by atoms with E-state index in [0.29, 0.717) is 29.1 Å². The maximum atomic E-state index is 12.1. The van der Waals surface area contributed by atoms with Gasteiger partial charge in [0.15, 0.2) is 0 Å². The molecule has 2 heterocycles. The molecule has 3 rings (SSSR count). The molecule has 0 spiro atoms. The van der Waals surface area contributed by atoms with Crippen LogP contribution in [0.4, 0.5) is 15.6 Å². The Balaban J connectivity index is 1.53. The number of hydrogen-bond acceptors (Lipinski definition) is 8. The molecule has 9 nitrogen and oxygen atoms in total. The van der Waals surface area contributed by atoms with Crippen molar-refractivity contribution in [2.45, 2.75) is 26.7 Å². The van der Waals surface area contributed by atoms with Crippen LogP contribution in [0.5, 0.6) is 0 Å². The average Bonchev–Trinajstić information content (AvgIpc) is 3.22. The Morgan fingerprint density at radius 1 is 1.23 bits per heavy atom. The summed E-state index contributed by atoms with van der Waals surface area (Å²) in [5, 5.41) is 22.5. The van der Waals surface area contributed by atoms with E-state index in [4.69, 9.17) is 10.2 Å². The second kappa shape index (κ2) is 7.91. The molecule has 1 aromatic carbocycles. The summed E-state index contributed by atoms with van der Waals surface area (Å²) in [7, 11) is 0. The Bertz CT molecular complexity index is 906. The van der Waals surface area contributed by atoms with E-state index in [1.165, 1.54) is 11.3 Å². The van der Waals surface area contributed by atoms with E-state index in [2.05, 4.69) is 31.0 Å². The maximum absolute atomic E-state index is 12.1. The molecular weight excluding hydrogens is 354 g/mol. The predicted octanol–water partition coefficient (Wildman–Crippen LogP) is 2.54. The van der Waals surface area contributed by atoms with Gasteiger partial charge in [-0.2, -0.15) is 0 Å². The zero-order chi connectivity index (χ0) is 18.5. The summed E-state index contributed by atoms with van der Waals surface area (Å²) in [5.41, 5.74) is 7.91. The summed E-state index contributed by atoms with van der Waals surface area (Å²) in [6, 6.07) is 5.30. The molecule has 2 amide bonds. The largest absolute Gasteiger partial charge is 0.421 e. The third-order valence-corrected chi connectivity index (χ3v) is 4.41. The van der Waals surface area contributed by atoms with E-state index in [1.54, 1.807) is 6.92 Å². The van der Waals surface area contributed by atoms with Gasteiger partial charge in [0.25, 0.3) is 0 Å². The molecule has 0 aliphatic heterocycles. The average molecular weight is 373 g/mol. The van der Waals surface area contributed by atoms with E-state index < -0.39 is 0 Å². The van der Waals surface area contributed by atoms with Crippen LogP contribution in [0.2, 0.25) is 0 Å². The van der Waals surface area contributed by atoms with Gasteiger partial charge in [0.1, 0.15) is 5.01 Å². The van der Waals surface area contributed by atoms with Crippen LogP contribution in [0, 0.1) is 13.8 Å². The molecule has 0 bridgehead atoms. The highest BCUT2D eigenvalue weighted by Crippen LogP contribution is 2.24. The van der Waals surface area contributed by atoms with Crippen molar-refractivity contribution in [2.75, 3.05) is 17.6 Å². The van der Waals surface area contributed by atoms with Crippen LogP contribution in [0.1, 0.15) is 22.9 Å². The van der Waals surface area contributed by atoms with Crippen molar-refractivity contribution in [1.29, 1.82) is 0 Å². The molecule has 26 heavy (non-hydrogen) atoms. The van der Waals surface area contributed by atoms with E-state index in [0.717, 1.165) is 29.0 Å². The fourth-order valence-corrected chi connectivity index (χ4v) is 2.93. The van der Waals surface area contributed by atoms with Crippen molar-refractivity contribution in [3.05, 3.63) is 34.7 Å². The van der Waals surface area contributed by atoms with Gasteiger partial charge >= 0.3 is 6.03 Å². The number of aromatic nitrogens is 4. The predicted molar refractivity (Wildman–Crippen MR) is 98.9 cm³/mol. The number of rotatable bonds is 6. The number of nitrogen functional groups attached to an aromatic ring is 1. The maximum Gasteiger partial charge on any atom is 0.319 e. The van der Waals surface area contributed by atoms with Crippen LogP contribution in [-0.4, -0.2) is 33.0 Å². The highest BCUT2D eigenvalue weighted by molar-refractivity contribution is 7.15. The van der Waals surface area contributed by atoms with Gasteiger partial charge < -0.3 is 20.8 Å². The summed E-state index contributed by atoms with van der Waals surface area (Å²) >= 11 is 1.36. The molecular formula is C16H19N7O2S. The molecule has 0 radical (unpaired) electrons. The number of benzene rings is 1. The van der Waals surface area contributed by atoms with Gasteiger partial charge in [0, 0.05) is 31.1 Å². The molecule has 4 N–H and O–H groups in total. The molecule has 0 saturated heterocycles. The van der Waals surface area contributed by atoms with Gasteiger partial charge in [-0.15, -0.1) is 20.4 Å². The van der Waals surface area contributed by atoms with Crippen LogP contribution < -0.4 is 16.4 Å². The van der Waals surface area contributed by atoms with Gasteiger partial charge in [-0.05, 0) is 31.0 Å². The zero-order valence-electron chi connectivity index (χ0n) is 14.4. The number of carbonyl (C=O) groups is 1. The molecule has 3 aromatic rings. The topological polar surface area (TPSA) is 132 Å². The van der Waals surface area contributed by atoms with Crippen LogP contribution in [-0.2, 0) is 6.42 Å². The van der Waals surface area contributed by atoms with Crippen molar-refractivity contribution in [3.8, 4) is 11.5 Å². The Morgan fingerprint density at radius 2 is 2.08 bits per heavy atom. The first-order valence-electron chi connectivity index (χ1n) is 8.05. The number of amides is 2. The number of nitrogens with one attached hydrogen (secondary N) is 2. The number of anilines is 2. The van der Waals surface area contributed by atoms with Crippen molar-refractivity contribution < 1.29 is 9.21 Å². The molecule has 0 saturated carbocycles. The Morgan fingerprint density at radius 3 is 2.77 bits per heavy atom. The normalized spacial score (nSPS) is 10.7. The number of aryl methyl sites for hydroxylation is 3. The Kier molecular flexibility index (Phi) is 5.42. The Hall–Kier alpha value is -3.01. The van der Waals surface area contributed by atoms with Gasteiger partial charge in [0.05, 0.1) is 0 Å². The molecule has 136 valence electrons. The molecule has 0 atom stereocenters. The summed E-state index contributed by atoms with van der Waals surface area (Å²) in [4.78, 5) is 12.1. The molecule has 0 fully saturated rings. The first-order valence-corrected chi connectivity index (χ1v) is 8.87. The van der Waals surface area contributed by atoms with E-state index >= 15 is 0 Å². The minimum Gasteiger partial charge on any atom is -0.421 e. The van der Waals surface area contributed by atoms with Crippen molar-refractivity contribution in [1.82, 2.24) is 25.7 Å².